The van der Waals surface area contributed by atoms with Gasteiger partial charge in [-0.25, -0.2) is 0 Å². The van der Waals surface area contributed by atoms with Crippen molar-refractivity contribution in [1.82, 2.24) is 4.90 Å². The molecule has 0 amide bonds. The molecule has 1 saturated heterocycles. The van der Waals surface area contributed by atoms with E-state index >= 15 is 0 Å². The van der Waals surface area contributed by atoms with Crippen LogP contribution in [0.2, 0.25) is 0 Å². The van der Waals surface area contributed by atoms with Crippen molar-refractivity contribution in [3.05, 3.63) is 47.1 Å². The topological polar surface area (TPSA) is 59.0 Å². The van der Waals surface area contributed by atoms with E-state index in [0.717, 1.165) is 62.8 Å². The molecule has 1 aromatic carbocycles. The molecule has 0 spiro atoms. The first-order valence-corrected chi connectivity index (χ1v) is 12.1. The number of hydrogen-bond acceptors (Lipinski definition) is 5. The zero-order valence-electron chi connectivity index (χ0n) is 20.0. The highest BCUT2D eigenvalue weighted by atomic mass is 16.5. The average Bonchev–Trinajstić information content (AvgIpc) is 2.74. The van der Waals surface area contributed by atoms with E-state index in [1.54, 1.807) is 0 Å². The minimum atomic E-state index is -0.290. The SMILES string of the molecule is C=C(C)[C@@H]1CCC(C)=C[C@H]1c1c(O)cc(CCCCC)cc1OC(=O)CN1CCOCC1. The van der Waals surface area contributed by atoms with Crippen molar-refractivity contribution in [2.75, 3.05) is 32.8 Å². The number of aromatic hydroxyl groups is 1. The second kappa shape index (κ2) is 11.7. The van der Waals surface area contributed by atoms with Gasteiger partial charge in [-0.1, -0.05) is 43.6 Å². The Kier molecular flexibility index (Phi) is 8.94. The molecule has 0 saturated carbocycles. The van der Waals surface area contributed by atoms with Crippen LogP contribution in [-0.2, 0) is 16.0 Å². The molecule has 1 heterocycles. The molecule has 2 atom stereocenters. The Hall–Kier alpha value is -2.11. The summed E-state index contributed by atoms with van der Waals surface area (Å²) in [6.07, 6.45) is 8.41. The number of ether oxygens (including phenoxy) is 2. The zero-order chi connectivity index (χ0) is 23.1. The number of unbranched alkanes of at least 4 members (excludes halogenated alkanes) is 2. The smallest absolute Gasteiger partial charge is 0.325 e. The largest absolute Gasteiger partial charge is 0.507 e. The number of morpholine rings is 1. The lowest BCUT2D eigenvalue weighted by Gasteiger charge is -2.32. The zero-order valence-corrected chi connectivity index (χ0v) is 20.0. The summed E-state index contributed by atoms with van der Waals surface area (Å²) >= 11 is 0. The summed E-state index contributed by atoms with van der Waals surface area (Å²) in [4.78, 5) is 14.9. The van der Waals surface area contributed by atoms with Crippen molar-refractivity contribution in [3.8, 4) is 11.5 Å². The van der Waals surface area contributed by atoms with Gasteiger partial charge in [-0.15, -0.1) is 0 Å². The molecule has 176 valence electrons. The van der Waals surface area contributed by atoms with Crippen molar-refractivity contribution < 1.29 is 19.4 Å². The van der Waals surface area contributed by atoms with Gasteiger partial charge in [0.05, 0.1) is 19.8 Å². The maximum absolute atomic E-state index is 12.9. The van der Waals surface area contributed by atoms with E-state index in [1.165, 1.54) is 5.57 Å². The number of phenolic OH excluding ortho intramolecular Hbond substituents is 1. The van der Waals surface area contributed by atoms with E-state index in [9.17, 15) is 9.90 Å². The summed E-state index contributed by atoms with van der Waals surface area (Å²) in [6.45, 7) is 13.5. The first-order valence-electron chi connectivity index (χ1n) is 12.1. The van der Waals surface area contributed by atoms with Gasteiger partial charge in [0.15, 0.2) is 0 Å². The molecular weight excluding hydrogens is 402 g/mol. The molecule has 3 rings (SSSR count). The molecule has 0 radical (unpaired) electrons. The van der Waals surface area contributed by atoms with Crippen LogP contribution in [0.3, 0.4) is 0 Å². The van der Waals surface area contributed by atoms with Crippen LogP contribution in [0.15, 0.2) is 35.9 Å². The van der Waals surface area contributed by atoms with Crippen LogP contribution < -0.4 is 4.74 Å². The maximum atomic E-state index is 12.9. The van der Waals surface area contributed by atoms with Crippen LogP contribution in [0.1, 0.15) is 69.9 Å². The minimum Gasteiger partial charge on any atom is -0.507 e. The molecule has 0 unspecified atom stereocenters. The predicted octanol–water partition coefficient (Wildman–Crippen LogP) is 5.38. The van der Waals surface area contributed by atoms with Gasteiger partial charge < -0.3 is 14.6 Å². The number of allylic oxidation sites excluding steroid dienone is 3. The van der Waals surface area contributed by atoms with Gasteiger partial charge >= 0.3 is 5.97 Å². The Morgan fingerprint density at radius 2 is 2.03 bits per heavy atom. The molecule has 5 nitrogen and oxygen atoms in total. The van der Waals surface area contributed by atoms with Crippen molar-refractivity contribution >= 4 is 5.97 Å². The van der Waals surface area contributed by atoms with Gasteiger partial charge in [0, 0.05) is 24.6 Å². The molecule has 32 heavy (non-hydrogen) atoms. The lowest BCUT2D eigenvalue weighted by Crippen LogP contribution is -2.40. The number of nitrogens with zero attached hydrogens (tertiary/aromatic N) is 1. The Morgan fingerprint density at radius 3 is 2.72 bits per heavy atom. The molecule has 1 aliphatic heterocycles. The van der Waals surface area contributed by atoms with E-state index < -0.39 is 0 Å². The second-order valence-corrected chi connectivity index (χ2v) is 9.38. The van der Waals surface area contributed by atoms with E-state index in [1.807, 2.05) is 19.1 Å². The van der Waals surface area contributed by atoms with Crippen molar-refractivity contribution in [2.45, 2.75) is 65.2 Å². The molecule has 1 fully saturated rings. The molecule has 1 aliphatic carbocycles. The lowest BCUT2D eigenvalue weighted by atomic mass is 9.73. The number of rotatable bonds is 9. The summed E-state index contributed by atoms with van der Waals surface area (Å²) in [5, 5.41) is 11.1. The number of aryl methyl sites for hydroxylation is 1. The number of esters is 1. The summed E-state index contributed by atoms with van der Waals surface area (Å²) in [5.74, 6) is 0.596. The van der Waals surface area contributed by atoms with Crippen LogP contribution in [0, 0.1) is 5.92 Å². The number of benzene rings is 1. The van der Waals surface area contributed by atoms with Crippen LogP contribution in [-0.4, -0.2) is 48.8 Å². The van der Waals surface area contributed by atoms with Gasteiger partial charge in [0.1, 0.15) is 11.5 Å². The Balaban J connectivity index is 1.92. The fourth-order valence-electron chi connectivity index (χ4n) is 4.81. The molecular formula is C27H39NO4. The Labute approximate surface area is 193 Å². The number of carbonyl (C=O) groups excluding carboxylic acids is 1. The highest BCUT2D eigenvalue weighted by molar-refractivity contribution is 5.75. The van der Waals surface area contributed by atoms with Crippen molar-refractivity contribution in [2.24, 2.45) is 5.92 Å². The van der Waals surface area contributed by atoms with E-state index in [-0.39, 0.29) is 30.1 Å². The molecule has 1 N–H and O–H groups in total. The molecule has 0 bridgehead atoms. The first kappa shape index (κ1) is 24.5. The molecule has 0 aromatic heterocycles. The van der Waals surface area contributed by atoms with Gasteiger partial charge in [-0.3, -0.25) is 9.69 Å². The van der Waals surface area contributed by atoms with Gasteiger partial charge in [-0.05, 0) is 63.1 Å². The quantitative estimate of drug-likeness (QED) is 0.241. The Morgan fingerprint density at radius 1 is 1.28 bits per heavy atom. The number of hydrogen-bond donors (Lipinski definition) is 1. The fourth-order valence-corrected chi connectivity index (χ4v) is 4.81. The van der Waals surface area contributed by atoms with Crippen molar-refractivity contribution in [1.29, 1.82) is 0 Å². The molecule has 5 heteroatoms. The van der Waals surface area contributed by atoms with Gasteiger partial charge in [-0.2, -0.15) is 0 Å². The predicted molar refractivity (Wildman–Crippen MR) is 128 cm³/mol. The van der Waals surface area contributed by atoms with E-state index in [2.05, 4.69) is 31.4 Å². The van der Waals surface area contributed by atoms with Crippen molar-refractivity contribution in [3.63, 3.8) is 0 Å². The van der Waals surface area contributed by atoms with Crippen LogP contribution in [0.25, 0.3) is 0 Å². The second-order valence-electron chi connectivity index (χ2n) is 9.38. The van der Waals surface area contributed by atoms with Gasteiger partial charge in [0.2, 0.25) is 0 Å². The highest BCUT2D eigenvalue weighted by Gasteiger charge is 2.31. The number of carbonyl (C=O) groups is 1. The number of phenols is 1. The normalized spacial score (nSPS) is 21.8. The van der Waals surface area contributed by atoms with E-state index in [4.69, 9.17) is 9.47 Å². The molecule has 2 aliphatic rings. The standard InChI is InChI=1S/C27H39NO4/c1-5-6-7-8-21-16-24(29)27(23-15-20(4)9-10-22(23)19(2)3)25(17-21)32-26(30)18-28-11-13-31-14-12-28/h15-17,22-23,29H,2,5-14,18H2,1,3-4H3/t22-,23+/m0/s1. The average molecular weight is 442 g/mol. The Bertz CT molecular complexity index is 838. The van der Waals surface area contributed by atoms with E-state index in [0.29, 0.717) is 24.5 Å². The summed E-state index contributed by atoms with van der Waals surface area (Å²) in [6, 6.07) is 3.83. The summed E-state index contributed by atoms with van der Waals surface area (Å²) in [5.41, 5.74) is 4.11. The van der Waals surface area contributed by atoms with Crippen LogP contribution >= 0.6 is 0 Å². The first-order chi connectivity index (χ1) is 15.4. The monoisotopic (exact) mass is 441 g/mol. The minimum absolute atomic E-state index is 0.0443. The van der Waals surface area contributed by atoms with Crippen LogP contribution in [0.4, 0.5) is 0 Å². The summed E-state index contributed by atoms with van der Waals surface area (Å²) < 4.78 is 11.3. The lowest BCUT2D eigenvalue weighted by molar-refractivity contribution is -0.136. The third kappa shape index (κ3) is 6.46. The third-order valence-electron chi connectivity index (χ3n) is 6.64. The van der Waals surface area contributed by atoms with Gasteiger partial charge in [0.25, 0.3) is 0 Å². The summed E-state index contributed by atoms with van der Waals surface area (Å²) in [7, 11) is 0. The van der Waals surface area contributed by atoms with Crippen LogP contribution in [0.5, 0.6) is 11.5 Å². The fraction of sp³-hybridized carbons (Fsp3) is 0.593. The maximum Gasteiger partial charge on any atom is 0.325 e. The molecule has 1 aromatic rings. The highest BCUT2D eigenvalue weighted by Crippen LogP contribution is 2.47. The third-order valence-corrected chi connectivity index (χ3v) is 6.64.